The second-order valence-corrected chi connectivity index (χ2v) is 5.02. The Bertz CT molecular complexity index is 509. The summed E-state index contributed by atoms with van der Waals surface area (Å²) in [6.07, 6.45) is 0.926. The van der Waals surface area contributed by atoms with Crippen LogP contribution < -0.4 is 5.32 Å². The van der Waals surface area contributed by atoms with Crippen molar-refractivity contribution < 1.29 is 9.53 Å². The van der Waals surface area contributed by atoms with Gasteiger partial charge in [-0.25, -0.2) is 4.79 Å². The van der Waals surface area contributed by atoms with E-state index >= 15 is 0 Å². The van der Waals surface area contributed by atoms with Gasteiger partial charge >= 0.3 is 5.97 Å². The van der Waals surface area contributed by atoms with Crippen molar-refractivity contribution >= 4 is 27.6 Å². The highest BCUT2D eigenvalue weighted by Gasteiger charge is 2.16. The van der Waals surface area contributed by atoms with E-state index < -0.39 is 5.97 Å². The van der Waals surface area contributed by atoms with Gasteiger partial charge in [-0.1, -0.05) is 6.92 Å². The second-order valence-electron chi connectivity index (χ2n) is 4.16. The third kappa shape index (κ3) is 3.97. The van der Waals surface area contributed by atoms with Crippen molar-refractivity contribution in [2.75, 3.05) is 11.9 Å². The number of ether oxygens (including phenoxy) is 1. The van der Waals surface area contributed by atoms with Crippen LogP contribution in [-0.4, -0.2) is 18.6 Å². The van der Waals surface area contributed by atoms with Crippen LogP contribution in [0, 0.1) is 11.3 Å². The van der Waals surface area contributed by atoms with Crippen LogP contribution in [0.25, 0.3) is 0 Å². The minimum Gasteiger partial charge on any atom is -0.462 e. The van der Waals surface area contributed by atoms with Crippen LogP contribution in [0.15, 0.2) is 16.6 Å². The zero-order valence-electron chi connectivity index (χ0n) is 11.3. The van der Waals surface area contributed by atoms with Crippen molar-refractivity contribution in [2.45, 2.75) is 33.2 Å². The Morgan fingerprint density at radius 1 is 1.53 bits per heavy atom. The third-order valence-electron chi connectivity index (χ3n) is 2.74. The number of esters is 1. The Balaban J connectivity index is 3.18. The summed E-state index contributed by atoms with van der Waals surface area (Å²) in [5, 5.41) is 12.4. The van der Waals surface area contributed by atoms with Gasteiger partial charge in [0.25, 0.3) is 0 Å². The Labute approximate surface area is 121 Å². The number of halogens is 1. The van der Waals surface area contributed by atoms with E-state index in [1.807, 2.05) is 6.92 Å². The lowest BCUT2D eigenvalue weighted by atomic mass is 10.1. The minimum atomic E-state index is -0.397. The van der Waals surface area contributed by atoms with Crippen molar-refractivity contribution in [3.05, 3.63) is 27.7 Å². The Hall–Kier alpha value is -1.54. The number of rotatable bonds is 5. The first-order chi connectivity index (χ1) is 9.03. The molecule has 1 rings (SSSR count). The molecule has 0 saturated heterocycles. The van der Waals surface area contributed by atoms with Crippen LogP contribution in [0.4, 0.5) is 5.69 Å². The zero-order chi connectivity index (χ0) is 14.4. The van der Waals surface area contributed by atoms with E-state index in [1.54, 1.807) is 19.1 Å². The maximum Gasteiger partial charge on any atom is 0.339 e. The summed E-state index contributed by atoms with van der Waals surface area (Å²) < 4.78 is 5.56. The molecule has 102 valence electrons. The average Bonchev–Trinajstić information content (AvgIpc) is 2.40. The molecule has 0 heterocycles. The van der Waals surface area contributed by atoms with Gasteiger partial charge in [0.15, 0.2) is 0 Å². The number of carbonyl (C=O) groups is 1. The Morgan fingerprint density at radius 3 is 2.74 bits per heavy atom. The zero-order valence-corrected chi connectivity index (χ0v) is 12.9. The van der Waals surface area contributed by atoms with Gasteiger partial charge in [0.05, 0.1) is 23.4 Å². The third-order valence-corrected chi connectivity index (χ3v) is 3.39. The fourth-order valence-corrected chi connectivity index (χ4v) is 2.02. The summed E-state index contributed by atoms with van der Waals surface area (Å²) in [5.74, 6) is -0.397. The van der Waals surface area contributed by atoms with E-state index in [0.29, 0.717) is 27.9 Å². The number of nitrogens with one attached hydrogen (secondary N) is 1. The first-order valence-electron chi connectivity index (χ1n) is 6.20. The second kappa shape index (κ2) is 7.15. The molecule has 0 spiro atoms. The topological polar surface area (TPSA) is 62.1 Å². The first kappa shape index (κ1) is 15.5. The molecule has 0 fully saturated rings. The van der Waals surface area contributed by atoms with Crippen LogP contribution in [0.2, 0.25) is 0 Å². The predicted octanol–water partition coefficient (Wildman–Crippen LogP) is 3.71. The highest BCUT2D eigenvalue weighted by Crippen LogP contribution is 2.26. The molecule has 0 aliphatic carbocycles. The number of nitriles is 1. The van der Waals surface area contributed by atoms with E-state index in [1.165, 1.54) is 0 Å². The largest absolute Gasteiger partial charge is 0.462 e. The van der Waals surface area contributed by atoms with Crippen molar-refractivity contribution in [1.82, 2.24) is 0 Å². The molecule has 0 bridgehead atoms. The number of anilines is 1. The molecule has 0 saturated carbocycles. The summed E-state index contributed by atoms with van der Waals surface area (Å²) in [7, 11) is 0. The lowest BCUT2D eigenvalue weighted by Crippen LogP contribution is -2.15. The van der Waals surface area contributed by atoms with E-state index in [2.05, 4.69) is 34.2 Å². The lowest BCUT2D eigenvalue weighted by Gasteiger charge is -2.16. The van der Waals surface area contributed by atoms with Crippen LogP contribution in [0.5, 0.6) is 0 Å². The number of hydrogen-bond donors (Lipinski definition) is 1. The normalized spacial score (nSPS) is 11.5. The summed E-state index contributed by atoms with van der Waals surface area (Å²) >= 11 is 3.30. The van der Waals surface area contributed by atoms with E-state index in [-0.39, 0.29) is 6.04 Å². The van der Waals surface area contributed by atoms with Crippen LogP contribution >= 0.6 is 15.9 Å². The van der Waals surface area contributed by atoms with Gasteiger partial charge in [0.1, 0.15) is 6.07 Å². The highest BCUT2D eigenvalue weighted by molar-refractivity contribution is 9.10. The summed E-state index contributed by atoms with van der Waals surface area (Å²) in [6, 6.07) is 5.64. The molecule has 0 aromatic heterocycles. The van der Waals surface area contributed by atoms with Crippen LogP contribution in [0.1, 0.15) is 43.1 Å². The predicted molar refractivity (Wildman–Crippen MR) is 78.2 cm³/mol. The van der Waals surface area contributed by atoms with E-state index in [4.69, 9.17) is 10.00 Å². The summed E-state index contributed by atoms with van der Waals surface area (Å²) in [6.45, 7) is 6.15. The number of hydrogen-bond acceptors (Lipinski definition) is 4. The highest BCUT2D eigenvalue weighted by atomic mass is 79.9. The van der Waals surface area contributed by atoms with Crippen molar-refractivity contribution in [1.29, 1.82) is 5.26 Å². The van der Waals surface area contributed by atoms with Gasteiger partial charge < -0.3 is 10.1 Å². The van der Waals surface area contributed by atoms with Gasteiger partial charge in [0.2, 0.25) is 0 Å². The first-order valence-corrected chi connectivity index (χ1v) is 7.00. The maximum atomic E-state index is 11.8. The van der Waals surface area contributed by atoms with Crippen LogP contribution in [-0.2, 0) is 4.74 Å². The molecular formula is C14H17BrN2O2. The van der Waals surface area contributed by atoms with Gasteiger partial charge in [-0.05, 0) is 48.3 Å². The van der Waals surface area contributed by atoms with Crippen LogP contribution in [0.3, 0.4) is 0 Å². The molecule has 1 aromatic rings. The monoisotopic (exact) mass is 324 g/mol. The van der Waals surface area contributed by atoms with Crippen molar-refractivity contribution in [2.24, 2.45) is 0 Å². The molecule has 4 nitrogen and oxygen atoms in total. The van der Waals surface area contributed by atoms with Crippen molar-refractivity contribution in [3.8, 4) is 6.07 Å². The molecule has 1 N–H and O–H groups in total. The summed E-state index contributed by atoms with van der Waals surface area (Å²) in [4.78, 5) is 11.8. The van der Waals surface area contributed by atoms with Gasteiger partial charge in [-0.2, -0.15) is 5.26 Å². The SMILES string of the molecule is CCOC(=O)c1cc(N[C@H](C)CC)c(C#N)cc1Br. The van der Waals surface area contributed by atoms with Gasteiger partial charge in [-0.15, -0.1) is 0 Å². The molecule has 0 amide bonds. The molecule has 19 heavy (non-hydrogen) atoms. The molecule has 1 aromatic carbocycles. The molecule has 0 aliphatic heterocycles. The molecule has 1 atom stereocenters. The molecule has 0 aliphatic rings. The minimum absolute atomic E-state index is 0.225. The lowest BCUT2D eigenvalue weighted by molar-refractivity contribution is 0.0525. The Kier molecular flexibility index (Phi) is 5.84. The quantitative estimate of drug-likeness (QED) is 0.838. The fourth-order valence-electron chi connectivity index (χ4n) is 1.52. The Morgan fingerprint density at radius 2 is 2.21 bits per heavy atom. The molecule has 5 heteroatoms. The number of carbonyl (C=O) groups excluding carboxylic acids is 1. The van der Waals surface area contributed by atoms with Gasteiger partial charge in [-0.3, -0.25) is 0 Å². The van der Waals surface area contributed by atoms with E-state index in [9.17, 15) is 4.79 Å². The molecular weight excluding hydrogens is 308 g/mol. The smallest absolute Gasteiger partial charge is 0.339 e. The average molecular weight is 325 g/mol. The molecule has 0 radical (unpaired) electrons. The van der Waals surface area contributed by atoms with E-state index in [0.717, 1.165) is 6.42 Å². The number of benzene rings is 1. The summed E-state index contributed by atoms with van der Waals surface area (Å²) in [5.41, 5.74) is 1.58. The molecule has 0 unspecified atom stereocenters. The standard InChI is InChI=1S/C14H17BrN2O2/c1-4-9(3)17-13-7-11(14(18)19-5-2)12(15)6-10(13)8-16/h6-7,9,17H,4-5H2,1-3H3/t9-/m1/s1. The number of nitrogens with zero attached hydrogens (tertiary/aromatic N) is 1. The van der Waals surface area contributed by atoms with Gasteiger partial charge in [0, 0.05) is 10.5 Å². The maximum absolute atomic E-state index is 11.8. The fraction of sp³-hybridized carbons (Fsp3) is 0.429. The van der Waals surface area contributed by atoms with Crippen molar-refractivity contribution in [3.63, 3.8) is 0 Å².